The normalized spacial score (nSPS) is 11.1. The molecule has 2 aromatic rings. The number of ether oxygens (including phenoxy) is 1. The van der Waals surface area contributed by atoms with Crippen molar-refractivity contribution in [3.8, 4) is 5.75 Å². The first-order chi connectivity index (χ1) is 14.0. The van der Waals surface area contributed by atoms with Crippen LogP contribution >= 0.6 is 0 Å². The highest BCUT2D eigenvalue weighted by atomic mass is 16.5. The number of anilines is 1. The zero-order valence-corrected chi connectivity index (χ0v) is 18.7. The molecule has 2 amide bonds. The van der Waals surface area contributed by atoms with Crippen molar-refractivity contribution in [3.63, 3.8) is 0 Å². The molecular formula is C23H31N3O4. The molecule has 0 atom stereocenters. The van der Waals surface area contributed by atoms with Crippen molar-refractivity contribution in [2.24, 2.45) is 7.05 Å². The van der Waals surface area contributed by atoms with Gasteiger partial charge in [-0.05, 0) is 71.9 Å². The number of carbonyl (C=O) groups excluding carboxylic acids is 2. The summed E-state index contributed by atoms with van der Waals surface area (Å²) in [6, 6.07) is 8.11. The standard InChI is InChI=1S/C23H31N3O4/c1-14(2)26(15(3)4)22(28)18-12-20(23(29)25(7)13-18)24-21(27)17-8-10-19(11-9-17)30-16(5)6/h8-16H,1-7H3,(H,24,27). The average molecular weight is 414 g/mol. The molecule has 0 radical (unpaired) electrons. The summed E-state index contributed by atoms with van der Waals surface area (Å²) in [5, 5.41) is 2.64. The lowest BCUT2D eigenvalue weighted by molar-refractivity contribution is 0.0642. The van der Waals surface area contributed by atoms with Crippen molar-refractivity contribution in [1.82, 2.24) is 9.47 Å². The van der Waals surface area contributed by atoms with E-state index in [0.717, 1.165) is 0 Å². The lowest BCUT2D eigenvalue weighted by Gasteiger charge is -2.31. The second kappa shape index (κ2) is 9.61. The third kappa shape index (κ3) is 5.49. The van der Waals surface area contributed by atoms with Gasteiger partial charge >= 0.3 is 0 Å². The van der Waals surface area contributed by atoms with Crippen LogP contribution in [0.15, 0.2) is 41.3 Å². The van der Waals surface area contributed by atoms with E-state index in [2.05, 4.69) is 5.32 Å². The smallest absolute Gasteiger partial charge is 0.274 e. The minimum absolute atomic E-state index is 0.000604. The maximum atomic E-state index is 13.0. The number of aromatic nitrogens is 1. The molecule has 30 heavy (non-hydrogen) atoms. The van der Waals surface area contributed by atoms with Crippen LogP contribution in [0.25, 0.3) is 0 Å². The molecule has 0 aliphatic heterocycles. The number of amides is 2. The van der Waals surface area contributed by atoms with E-state index in [4.69, 9.17) is 4.74 Å². The van der Waals surface area contributed by atoms with Crippen molar-refractivity contribution >= 4 is 17.5 Å². The average Bonchev–Trinajstić information content (AvgIpc) is 2.64. The molecule has 7 heteroatoms. The molecule has 0 aliphatic carbocycles. The van der Waals surface area contributed by atoms with Crippen LogP contribution < -0.4 is 15.6 Å². The van der Waals surface area contributed by atoms with E-state index in [1.165, 1.54) is 16.8 Å². The number of pyridine rings is 1. The molecule has 162 valence electrons. The van der Waals surface area contributed by atoms with E-state index in [9.17, 15) is 14.4 Å². The third-order valence-electron chi connectivity index (χ3n) is 4.51. The summed E-state index contributed by atoms with van der Waals surface area (Å²) < 4.78 is 6.88. The fourth-order valence-corrected chi connectivity index (χ4v) is 3.28. The molecule has 1 heterocycles. The molecule has 0 bridgehead atoms. The summed E-state index contributed by atoms with van der Waals surface area (Å²) in [6.07, 6.45) is 1.53. The van der Waals surface area contributed by atoms with Gasteiger partial charge in [0.05, 0.1) is 11.7 Å². The molecule has 0 saturated carbocycles. The van der Waals surface area contributed by atoms with Crippen LogP contribution in [0.4, 0.5) is 5.69 Å². The van der Waals surface area contributed by atoms with Gasteiger partial charge in [0.1, 0.15) is 11.4 Å². The molecule has 1 N–H and O–H groups in total. The minimum atomic E-state index is -0.433. The van der Waals surface area contributed by atoms with Gasteiger partial charge in [-0.3, -0.25) is 14.4 Å². The molecule has 2 rings (SSSR count). The van der Waals surface area contributed by atoms with Crippen molar-refractivity contribution in [2.75, 3.05) is 5.32 Å². The highest BCUT2D eigenvalue weighted by Gasteiger charge is 2.23. The maximum Gasteiger partial charge on any atom is 0.274 e. The van der Waals surface area contributed by atoms with Gasteiger partial charge in [0, 0.05) is 30.9 Å². The first kappa shape index (κ1) is 23.2. The van der Waals surface area contributed by atoms with Gasteiger partial charge < -0.3 is 19.5 Å². The Morgan fingerprint density at radius 3 is 2.03 bits per heavy atom. The Morgan fingerprint density at radius 1 is 0.967 bits per heavy atom. The number of hydrogen-bond acceptors (Lipinski definition) is 4. The number of aryl methyl sites for hydroxylation is 1. The molecule has 7 nitrogen and oxygen atoms in total. The highest BCUT2D eigenvalue weighted by molar-refractivity contribution is 6.05. The summed E-state index contributed by atoms with van der Waals surface area (Å²) in [6.45, 7) is 11.6. The Morgan fingerprint density at radius 2 is 1.53 bits per heavy atom. The van der Waals surface area contributed by atoms with Crippen LogP contribution in [0.1, 0.15) is 62.3 Å². The largest absolute Gasteiger partial charge is 0.491 e. The Balaban J connectivity index is 2.30. The Labute approximate surface area is 177 Å². The number of carbonyl (C=O) groups is 2. The van der Waals surface area contributed by atoms with Crippen molar-refractivity contribution in [3.05, 3.63) is 58.0 Å². The van der Waals surface area contributed by atoms with Crippen LogP contribution in [-0.4, -0.2) is 39.5 Å². The van der Waals surface area contributed by atoms with E-state index in [-0.39, 0.29) is 35.3 Å². The van der Waals surface area contributed by atoms with Crippen LogP contribution in [-0.2, 0) is 7.05 Å². The molecule has 0 saturated heterocycles. The van der Waals surface area contributed by atoms with Crippen molar-refractivity contribution in [1.29, 1.82) is 0 Å². The quantitative estimate of drug-likeness (QED) is 0.751. The first-order valence-electron chi connectivity index (χ1n) is 10.1. The highest BCUT2D eigenvalue weighted by Crippen LogP contribution is 2.17. The van der Waals surface area contributed by atoms with Crippen LogP contribution in [0.5, 0.6) is 5.75 Å². The summed E-state index contributed by atoms with van der Waals surface area (Å²) >= 11 is 0. The van der Waals surface area contributed by atoms with Gasteiger partial charge in [-0.15, -0.1) is 0 Å². The van der Waals surface area contributed by atoms with Gasteiger partial charge in [-0.2, -0.15) is 0 Å². The van der Waals surface area contributed by atoms with Crippen molar-refractivity contribution in [2.45, 2.75) is 59.7 Å². The van der Waals surface area contributed by atoms with E-state index in [1.54, 1.807) is 36.2 Å². The van der Waals surface area contributed by atoms with Gasteiger partial charge in [-0.1, -0.05) is 0 Å². The Kier molecular flexibility index (Phi) is 7.43. The Bertz CT molecular complexity index is 951. The monoisotopic (exact) mass is 413 g/mol. The van der Waals surface area contributed by atoms with Gasteiger partial charge in [0.15, 0.2) is 0 Å². The summed E-state index contributed by atoms with van der Waals surface area (Å²) in [7, 11) is 1.56. The summed E-state index contributed by atoms with van der Waals surface area (Å²) in [5.74, 6) is 0.0335. The first-order valence-corrected chi connectivity index (χ1v) is 10.1. The van der Waals surface area contributed by atoms with Crippen LogP contribution in [0.2, 0.25) is 0 Å². The second-order valence-electron chi connectivity index (χ2n) is 8.10. The lowest BCUT2D eigenvalue weighted by Crippen LogP contribution is -2.42. The molecule has 1 aromatic heterocycles. The lowest BCUT2D eigenvalue weighted by atomic mass is 10.1. The van der Waals surface area contributed by atoms with E-state index < -0.39 is 5.91 Å². The van der Waals surface area contributed by atoms with E-state index >= 15 is 0 Å². The Hall–Kier alpha value is -3.09. The topological polar surface area (TPSA) is 80.6 Å². The van der Waals surface area contributed by atoms with Gasteiger partial charge in [-0.25, -0.2) is 0 Å². The minimum Gasteiger partial charge on any atom is -0.491 e. The number of nitrogens with zero attached hydrogens (tertiary/aromatic N) is 2. The zero-order valence-electron chi connectivity index (χ0n) is 18.7. The summed E-state index contributed by atoms with van der Waals surface area (Å²) in [5.41, 5.74) is 0.398. The number of benzene rings is 1. The van der Waals surface area contributed by atoms with E-state index in [0.29, 0.717) is 16.9 Å². The van der Waals surface area contributed by atoms with Crippen LogP contribution in [0.3, 0.4) is 0 Å². The summed E-state index contributed by atoms with van der Waals surface area (Å²) in [4.78, 5) is 39.9. The van der Waals surface area contributed by atoms with E-state index in [1.807, 2.05) is 41.5 Å². The second-order valence-corrected chi connectivity index (χ2v) is 8.10. The van der Waals surface area contributed by atoms with Gasteiger partial charge in [0.25, 0.3) is 17.4 Å². The molecular weight excluding hydrogens is 382 g/mol. The fourth-order valence-electron chi connectivity index (χ4n) is 3.28. The molecule has 1 aromatic carbocycles. The molecule has 0 spiro atoms. The number of nitrogens with one attached hydrogen (secondary N) is 1. The maximum absolute atomic E-state index is 13.0. The number of rotatable bonds is 7. The predicted molar refractivity (Wildman–Crippen MR) is 118 cm³/mol. The van der Waals surface area contributed by atoms with Gasteiger partial charge in [0.2, 0.25) is 0 Å². The molecule has 0 unspecified atom stereocenters. The fraction of sp³-hybridized carbons (Fsp3) is 0.435. The number of hydrogen-bond donors (Lipinski definition) is 1. The molecule has 0 fully saturated rings. The zero-order chi connectivity index (χ0) is 22.6. The third-order valence-corrected chi connectivity index (χ3v) is 4.51. The molecule has 0 aliphatic rings. The van der Waals surface area contributed by atoms with Crippen molar-refractivity contribution < 1.29 is 14.3 Å². The predicted octanol–water partition coefficient (Wildman–Crippen LogP) is 3.68. The van der Waals surface area contributed by atoms with Crippen LogP contribution in [0, 0.1) is 0 Å². The SMILES string of the molecule is CC(C)Oc1ccc(C(=O)Nc2cc(C(=O)N(C(C)C)C(C)C)cn(C)c2=O)cc1.